The zero-order valence-electron chi connectivity index (χ0n) is 10.1. The highest BCUT2D eigenvalue weighted by Gasteiger charge is 2.21. The largest absolute Gasteiger partial charge is 0.461 e. The van der Waals surface area contributed by atoms with E-state index >= 15 is 0 Å². The first-order valence-corrected chi connectivity index (χ1v) is 5.62. The molecule has 1 unspecified atom stereocenters. The predicted octanol–water partition coefficient (Wildman–Crippen LogP) is 3.31. The van der Waals surface area contributed by atoms with Gasteiger partial charge < -0.3 is 4.74 Å². The van der Waals surface area contributed by atoms with Crippen molar-refractivity contribution in [1.29, 1.82) is 0 Å². The van der Waals surface area contributed by atoms with Crippen molar-refractivity contribution in [2.24, 2.45) is 10.2 Å². The lowest BCUT2D eigenvalue weighted by Crippen LogP contribution is -2.16. The molecule has 0 spiro atoms. The van der Waals surface area contributed by atoms with E-state index in [9.17, 15) is 4.79 Å². The maximum absolute atomic E-state index is 11.2. The van der Waals surface area contributed by atoms with Crippen LogP contribution in [0.4, 0.5) is 0 Å². The van der Waals surface area contributed by atoms with Gasteiger partial charge in [-0.25, -0.2) is 0 Å². The summed E-state index contributed by atoms with van der Waals surface area (Å²) in [5, 5.41) is 7.93. The van der Waals surface area contributed by atoms with Crippen LogP contribution < -0.4 is 0 Å². The Morgan fingerprint density at radius 3 is 2.75 bits per heavy atom. The van der Waals surface area contributed by atoms with Gasteiger partial charge in [-0.15, -0.1) is 0 Å². The van der Waals surface area contributed by atoms with Gasteiger partial charge in [-0.3, -0.25) is 4.79 Å². The number of azo groups is 1. The van der Waals surface area contributed by atoms with Gasteiger partial charge in [-0.05, 0) is 27.2 Å². The zero-order chi connectivity index (χ0) is 12.6. The minimum absolute atomic E-state index is 0.103. The quantitative estimate of drug-likeness (QED) is 0.228. The standard InChI is InChI=1S/C11H19ClN2O2/c1-5-8-16-10(15)6-7-11(4,12)14-13-9(2)3/h5,9H,1,6-8H2,2-4H3. The maximum atomic E-state index is 11.2. The van der Waals surface area contributed by atoms with Crippen molar-refractivity contribution in [3.8, 4) is 0 Å². The van der Waals surface area contributed by atoms with E-state index in [1.807, 2.05) is 13.8 Å². The van der Waals surface area contributed by atoms with Gasteiger partial charge in [-0.1, -0.05) is 24.3 Å². The first kappa shape index (κ1) is 15.1. The molecule has 1 atom stereocenters. The summed E-state index contributed by atoms with van der Waals surface area (Å²) in [6.45, 7) is 9.23. The normalized spacial score (nSPS) is 15.1. The predicted molar refractivity (Wildman–Crippen MR) is 64.6 cm³/mol. The Hall–Kier alpha value is -0.900. The van der Waals surface area contributed by atoms with Crippen molar-refractivity contribution in [3.05, 3.63) is 12.7 Å². The van der Waals surface area contributed by atoms with Crippen LogP contribution in [0.15, 0.2) is 22.9 Å². The van der Waals surface area contributed by atoms with Crippen molar-refractivity contribution < 1.29 is 9.53 Å². The Morgan fingerprint density at radius 1 is 1.62 bits per heavy atom. The summed E-state index contributed by atoms with van der Waals surface area (Å²) < 4.78 is 4.82. The molecule has 0 aromatic heterocycles. The van der Waals surface area contributed by atoms with Gasteiger partial charge in [0.15, 0.2) is 5.00 Å². The Morgan fingerprint density at radius 2 is 2.25 bits per heavy atom. The molecule has 0 amide bonds. The molecular formula is C11H19ClN2O2. The van der Waals surface area contributed by atoms with E-state index in [0.717, 1.165) is 0 Å². The molecule has 0 saturated carbocycles. The second kappa shape index (κ2) is 7.39. The molecular weight excluding hydrogens is 228 g/mol. The summed E-state index contributed by atoms with van der Waals surface area (Å²) in [6.07, 6.45) is 2.15. The average Bonchev–Trinajstić information content (AvgIpc) is 2.21. The van der Waals surface area contributed by atoms with E-state index in [4.69, 9.17) is 16.3 Å². The third-order valence-corrected chi connectivity index (χ3v) is 1.91. The number of hydrogen-bond acceptors (Lipinski definition) is 4. The van der Waals surface area contributed by atoms with E-state index in [-0.39, 0.29) is 25.0 Å². The minimum atomic E-state index is -0.836. The third kappa shape index (κ3) is 8.41. The first-order valence-electron chi connectivity index (χ1n) is 5.25. The summed E-state index contributed by atoms with van der Waals surface area (Å²) in [5.74, 6) is -0.300. The number of carbonyl (C=O) groups is 1. The summed E-state index contributed by atoms with van der Waals surface area (Å²) >= 11 is 6.07. The second-order valence-electron chi connectivity index (χ2n) is 3.92. The molecule has 0 aliphatic heterocycles. The number of esters is 1. The molecule has 0 fully saturated rings. The van der Waals surface area contributed by atoms with Gasteiger partial charge in [0.1, 0.15) is 6.61 Å². The molecule has 4 nitrogen and oxygen atoms in total. The van der Waals surface area contributed by atoms with Crippen LogP contribution in [0, 0.1) is 0 Å². The number of alkyl halides is 1. The highest BCUT2D eigenvalue weighted by Crippen LogP contribution is 2.23. The average molecular weight is 247 g/mol. The van der Waals surface area contributed by atoms with Gasteiger partial charge in [0.25, 0.3) is 0 Å². The SMILES string of the molecule is C=CCOC(=O)CCC(C)(Cl)N=NC(C)C. The highest BCUT2D eigenvalue weighted by atomic mass is 35.5. The maximum Gasteiger partial charge on any atom is 0.306 e. The van der Waals surface area contributed by atoms with Gasteiger partial charge >= 0.3 is 5.97 Å². The zero-order valence-corrected chi connectivity index (χ0v) is 10.8. The summed E-state index contributed by atoms with van der Waals surface area (Å²) in [5.41, 5.74) is 0. The van der Waals surface area contributed by atoms with Gasteiger partial charge in [0, 0.05) is 6.42 Å². The number of rotatable bonds is 7. The topological polar surface area (TPSA) is 51.0 Å². The van der Waals surface area contributed by atoms with Crippen LogP contribution in [0.25, 0.3) is 0 Å². The second-order valence-corrected chi connectivity index (χ2v) is 4.74. The van der Waals surface area contributed by atoms with Crippen LogP contribution in [0.1, 0.15) is 33.6 Å². The van der Waals surface area contributed by atoms with Crippen molar-refractivity contribution in [2.45, 2.75) is 44.7 Å². The van der Waals surface area contributed by atoms with E-state index in [2.05, 4.69) is 16.8 Å². The Labute approximate surface area is 102 Å². The fraction of sp³-hybridized carbons (Fsp3) is 0.727. The van der Waals surface area contributed by atoms with E-state index in [1.165, 1.54) is 6.08 Å². The smallest absolute Gasteiger partial charge is 0.306 e. The molecule has 0 saturated heterocycles. The molecule has 0 aromatic rings. The van der Waals surface area contributed by atoms with Crippen molar-refractivity contribution in [3.63, 3.8) is 0 Å². The lowest BCUT2D eigenvalue weighted by molar-refractivity contribution is -0.142. The number of carbonyl (C=O) groups excluding carboxylic acids is 1. The Kier molecular flexibility index (Phi) is 6.97. The lowest BCUT2D eigenvalue weighted by Gasteiger charge is -2.15. The molecule has 16 heavy (non-hydrogen) atoms. The van der Waals surface area contributed by atoms with Crippen molar-refractivity contribution in [1.82, 2.24) is 0 Å². The molecule has 92 valence electrons. The van der Waals surface area contributed by atoms with E-state index in [1.54, 1.807) is 6.92 Å². The summed E-state index contributed by atoms with van der Waals surface area (Å²) in [4.78, 5) is 10.3. The molecule has 0 heterocycles. The number of nitrogens with zero attached hydrogens (tertiary/aromatic N) is 2. The van der Waals surface area contributed by atoms with Gasteiger partial charge in [0.05, 0.1) is 6.04 Å². The molecule has 0 N–H and O–H groups in total. The number of hydrogen-bond donors (Lipinski definition) is 0. The van der Waals surface area contributed by atoms with Crippen molar-refractivity contribution in [2.75, 3.05) is 6.61 Å². The van der Waals surface area contributed by atoms with Gasteiger partial charge in [0.2, 0.25) is 0 Å². The van der Waals surface area contributed by atoms with E-state index in [0.29, 0.717) is 6.42 Å². The molecule has 0 rings (SSSR count). The molecule has 0 aliphatic rings. The number of halogens is 1. The molecule has 0 bridgehead atoms. The van der Waals surface area contributed by atoms with Gasteiger partial charge in [-0.2, -0.15) is 10.2 Å². The molecule has 0 radical (unpaired) electrons. The van der Waals surface area contributed by atoms with Crippen LogP contribution in [0.2, 0.25) is 0 Å². The van der Waals surface area contributed by atoms with Crippen LogP contribution in [-0.4, -0.2) is 23.6 Å². The monoisotopic (exact) mass is 246 g/mol. The first-order chi connectivity index (χ1) is 7.37. The van der Waals surface area contributed by atoms with Crippen LogP contribution in [0.5, 0.6) is 0 Å². The summed E-state index contributed by atoms with van der Waals surface area (Å²) in [7, 11) is 0. The number of ether oxygens (including phenoxy) is 1. The molecule has 0 aliphatic carbocycles. The third-order valence-electron chi connectivity index (χ3n) is 1.64. The van der Waals surface area contributed by atoms with Crippen LogP contribution >= 0.6 is 11.6 Å². The fourth-order valence-electron chi connectivity index (χ4n) is 0.840. The summed E-state index contributed by atoms with van der Waals surface area (Å²) in [6, 6.07) is 0.103. The minimum Gasteiger partial charge on any atom is -0.461 e. The van der Waals surface area contributed by atoms with Crippen LogP contribution in [0.3, 0.4) is 0 Å². The molecule has 5 heteroatoms. The molecule has 0 aromatic carbocycles. The van der Waals surface area contributed by atoms with Crippen molar-refractivity contribution >= 4 is 17.6 Å². The van der Waals surface area contributed by atoms with E-state index < -0.39 is 5.00 Å². The fourth-order valence-corrected chi connectivity index (χ4v) is 0.978. The Bertz CT molecular complexity index is 263. The Balaban J connectivity index is 3.98. The van der Waals surface area contributed by atoms with Crippen LogP contribution in [-0.2, 0) is 9.53 Å². The lowest BCUT2D eigenvalue weighted by atomic mass is 10.2. The highest BCUT2D eigenvalue weighted by molar-refractivity contribution is 6.23.